The highest BCUT2D eigenvalue weighted by molar-refractivity contribution is 9.10. The Hall–Kier alpha value is 0.200. The van der Waals surface area contributed by atoms with E-state index in [1.54, 1.807) is 0 Å². The summed E-state index contributed by atoms with van der Waals surface area (Å²) in [6, 6.07) is 9.50. The maximum atomic E-state index is 3.61. The van der Waals surface area contributed by atoms with Crippen molar-refractivity contribution in [2.75, 3.05) is 26.2 Å². The number of hydrogen-bond donors (Lipinski definition) is 1. The van der Waals surface area contributed by atoms with Crippen molar-refractivity contribution in [1.29, 1.82) is 0 Å². The standard InChI is InChI=1S/C15H21BrN2.2ClH/c16-14-3-1-2-13(11-14)15(10-12-4-5-12)18-8-6-17-7-9-18;;/h1-3,11-12,15,17H,4-10H2;2*1H/t15-;;/m0../s1. The predicted molar refractivity (Wildman–Crippen MR) is 93.2 cm³/mol. The number of rotatable bonds is 4. The van der Waals surface area contributed by atoms with Crippen molar-refractivity contribution in [3.05, 3.63) is 34.3 Å². The smallest absolute Gasteiger partial charge is 0.0352 e. The quantitative estimate of drug-likeness (QED) is 0.846. The van der Waals surface area contributed by atoms with Gasteiger partial charge >= 0.3 is 0 Å². The molecule has 0 spiro atoms. The van der Waals surface area contributed by atoms with E-state index in [1.807, 2.05) is 0 Å². The fourth-order valence-corrected chi connectivity index (χ4v) is 3.29. The van der Waals surface area contributed by atoms with Crippen LogP contribution in [0.15, 0.2) is 28.7 Å². The monoisotopic (exact) mass is 380 g/mol. The van der Waals surface area contributed by atoms with Gasteiger partial charge in [-0.15, -0.1) is 24.8 Å². The van der Waals surface area contributed by atoms with E-state index >= 15 is 0 Å². The third kappa shape index (κ3) is 4.88. The van der Waals surface area contributed by atoms with Gasteiger partial charge in [0.25, 0.3) is 0 Å². The van der Waals surface area contributed by atoms with Crippen LogP contribution in [-0.4, -0.2) is 31.1 Å². The lowest BCUT2D eigenvalue weighted by Crippen LogP contribution is -2.45. The average molecular weight is 382 g/mol. The van der Waals surface area contributed by atoms with Crippen molar-refractivity contribution in [3.63, 3.8) is 0 Å². The van der Waals surface area contributed by atoms with Crippen molar-refractivity contribution in [1.82, 2.24) is 10.2 Å². The number of nitrogens with zero attached hydrogens (tertiary/aromatic N) is 1. The zero-order valence-electron chi connectivity index (χ0n) is 11.6. The molecule has 1 aliphatic carbocycles. The number of halogens is 3. The molecule has 0 radical (unpaired) electrons. The third-order valence-corrected chi connectivity index (χ3v) is 4.57. The maximum absolute atomic E-state index is 3.61. The van der Waals surface area contributed by atoms with Gasteiger partial charge in [0.2, 0.25) is 0 Å². The molecule has 1 saturated heterocycles. The van der Waals surface area contributed by atoms with Gasteiger partial charge in [-0.3, -0.25) is 4.90 Å². The van der Waals surface area contributed by atoms with Crippen LogP contribution < -0.4 is 5.32 Å². The van der Waals surface area contributed by atoms with E-state index in [4.69, 9.17) is 0 Å². The Morgan fingerprint density at radius 1 is 1.20 bits per heavy atom. The van der Waals surface area contributed by atoms with Gasteiger partial charge in [0.05, 0.1) is 0 Å². The minimum Gasteiger partial charge on any atom is -0.314 e. The second-order valence-electron chi connectivity index (χ2n) is 5.54. The van der Waals surface area contributed by atoms with Gasteiger partial charge in [0, 0.05) is 36.7 Å². The summed E-state index contributed by atoms with van der Waals surface area (Å²) in [6.45, 7) is 4.64. The first-order chi connectivity index (χ1) is 8.83. The van der Waals surface area contributed by atoms with E-state index in [0.29, 0.717) is 6.04 Å². The summed E-state index contributed by atoms with van der Waals surface area (Å²) in [6.07, 6.45) is 4.23. The summed E-state index contributed by atoms with van der Waals surface area (Å²) in [7, 11) is 0. The Labute approximate surface area is 142 Å². The second-order valence-corrected chi connectivity index (χ2v) is 6.45. The molecule has 0 amide bonds. The molecule has 1 aromatic rings. The van der Waals surface area contributed by atoms with Crippen LogP contribution in [-0.2, 0) is 0 Å². The minimum atomic E-state index is 0. The molecular formula is C15H23BrCl2N2. The molecule has 3 rings (SSSR count). The van der Waals surface area contributed by atoms with Crippen LogP contribution in [0.25, 0.3) is 0 Å². The van der Waals surface area contributed by atoms with Crippen LogP contribution in [0.2, 0.25) is 0 Å². The van der Waals surface area contributed by atoms with Crippen LogP contribution >= 0.6 is 40.7 Å². The van der Waals surface area contributed by atoms with E-state index in [2.05, 4.69) is 50.4 Å². The van der Waals surface area contributed by atoms with Crippen LogP contribution in [0.4, 0.5) is 0 Å². The summed E-state index contributed by atoms with van der Waals surface area (Å²) in [5.74, 6) is 0.976. The fraction of sp³-hybridized carbons (Fsp3) is 0.600. The number of piperazine rings is 1. The highest BCUT2D eigenvalue weighted by atomic mass is 79.9. The topological polar surface area (TPSA) is 15.3 Å². The number of benzene rings is 1. The fourth-order valence-electron chi connectivity index (χ4n) is 2.87. The molecule has 20 heavy (non-hydrogen) atoms. The third-order valence-electron chi connectivity index (χ3n) is 4.08. The van der Waals surface area contributed by atoms with Crippen molar-refractivity contribution in [3.8, 4) is 0 Å². The molecule has 1 heterocycles. The Morgan fingerprint density at radius 2 is 1.90 bits per heavy atom. The van der Waals surface area contributed by atoms with Gasteiger partial charge in [-0.1, -0.05) is 40.9 Å². The Balaban J connectivity index is 0.000001000. The summed E-state index contributed by atoms with van der Waals surface area (Å²) in [5.41, 5.74) is 1.48. The molecule has 114 valence electrons. The van der Waals surface area contributed by atoms with Gasteiger partial charge in [-0.05, 0) is 30.0 Å². The largest absolute Gasteiger partial charge is 0.314 e. The normalized spacial score (nSPS) is 20.6. The molecule has 0 unspecified atom stereocenters. The molecule has 0 aromatic heterocycles. The van der Waals surface area contributed by atoms with E-state index in [1.165, 1.54) is 42.4 Å². The lowest BCUT2D eigenvalue weighted by Gasteiger charge is -2.35. The van der Waals surface area contributed by atoms with Crippen molar-refractivity contribution < 1.29 is 0 Å². The predicted octanol–water partition coefficient (Wildman–Crippen LogP) is 4.04. The van der Waals surface area contributed by atoms with E-state index in [-0.39, 0.29) is 24.8 Å². The van der Waals surface area contributed by atoms with Crippen molar-refractivity contribution in [2.45, 2.75) is 25.3 Å². The summed E-state index contributed by atoms with van der Waals surface area (Å²) >= 11 is 3.61. The van der Waals surface area contributed by atoms with Gasteiger partial charge < -0.3 is 5.32 Å². The Morgan fingerprint density at radius 3 is 2.50 bits per heavy atom. The lowest BCUT2D eigenvalue weighted by molar-refractivity contribution is 0.160. The van der Waals surface area contributed by atoms with Crippen molar-refractivity contribution in [2.24, 2.45) is 5.92 Å². The summed E-state index contributed by atoms with van der Waals surface area (Å²) < 4.78 is 1.20. The average Bonchev–Trinajstić information content (AvgIpc) is 3.21. The molecule has 1 aromatic carbocycles. The van der Waals surface area contributed by atoms with Gasteiger partial charge in [0.15, 0.2) is 0 Å². The molecule has 2 nitrogen and oxygen atoms in total. The second kappa shape index (κ2) is 8.60. The zero-order valence-corrected chi connectivity index (χ0v) is 14.8. The first kappa shape index (κ1) is 18.2. The van der Waals surface area contributed by atoms with Crippen LogP contribution in [0.5, 0.6) is 0 Å². The summed E-state index contributed by atoms with van der Waals surface area (Å²) in [4.78, 5) is 2.66. The molecule has 2 fully saturated rings. The van der Waals surface area contributed by atoms with Gasteiger partial charge in [-0.25, -0.2) is 0 Å². The lowest BCUT2D eigenvalue weighted by atomic mass is 9.99. The van der Waals surface area contributed by atoms with E-state index in [9.17, 15) is 0 Å². The zero-order chi connectivity index (χ0) is 12.4. The highest BCUT2D eigenvalue weighted by Crippen LogP contribution is 2.40. The van der Waals surface area contributed by atoms with Gasteiger partial charge in [-0.2, -0.15) is 0 Å². The first-order valence-corrected chi connectivity index (χ1v) is 7.82. The SMILES string of the molecule is Brc1cccc([C@H](CC2CC2)N2CCNCC2)c1.Cl.Cl. The summed E-state index contributed by atoms with van der Waals surface area (Å²) in [5, 5.41) is 3.45. The molecule has 1 atom stereocenters. The van der Waals surface area contributed by atoms with Crippen LogP contribution in [0, 0.1) is 5.92 Å². The van der Waals surface area contributed by atoms with Crippen LogP contribution in [0.1, 0.15) is 30.9 Å². The first-order valence-electron chi connectivity index (χ1n) is 7.03. The number of nitrogens with one attached hydrogen (secondary N) is 1. The molecule has 1 aliphatic heterocycles. The number of hydrogen-bond acceptors (Lipinski definition) is 2. The van der Waals surface area contributed by atoms with Crippen LogP contribution in [0.3, 0.4) is 0 Å². The highest BCUT2D eigenvalue weighted by Gasteiger charge is 2.30. The van der Waals surface area contributed by atoms with E-state index in [0.717, 1.165) is 19.0 Å². The molecular weight excluding hydrogens is 359 g/mol. The molecule has 0 bridgehead atoms. The van der Waals surface area contributed by atoms with Crippen molar-refractivity contribution >= 4 is 40.7 Å². The van der Waals surface area contributed by atoms with Gasteiger partial charge in [0.1, 0.15) is 0 Å². The minimum absolute atomic E-state index is 0. The van der Waals surface area contributed by atoms with E-state index < -0.39 is 0 Å². The molecule has 2 aliphatic rings. The maximum Gasteiger partial charge on any atom is 0.0352 e. The molecule has 1 N–H and O–H groups in total. The molecule has 1 saturated carbocycles. The molecule has 5 heteroatoms. The Kier molecular flexibility index (Phi) is 7.84. The Bertz CT molecular complexity index is 407.